The second kappa shape index (κ2) is 22.3. The number of ketones is 2. The third kappa shape index (κ3) is 17.8. The topological polar surface area (TPSA) is 196 Å². The van der Waals surface area contributed by atoms with E-state index in [2.05, 4.69) is 16.0 Å². The molecule has 2 rings (SSSR count). The summed E-state index contributed by atoms with van der Waals surface area (Å²) in [6.45, 7) is 8.52. The van der Waals surface area contributed by atoms with Crippen molar-refractivity contribution in [1.82, 2.24) is 20.9 Å². The Morgan fingerprint density at radius 3 is 2.16 bits per heavy atom. The van der Waals surface area contributed by atoms with E-state index < -0.39 is 23.5 Å². The van der Waals surface area contributed by atoms with Crippen LogP contribution in [0.2, 0.25) is 0 Å². The summed E-state index contributed by atoms with van der Waals surface area (Å²) in [5.41, 5.74) is 0.423. The molecule has 0 saturated heterocycles. The fraction of sp³-hybridized carbons (Fsp3) is 0.571. The molecule has 1 aliphatic heterocycles. The van der Waals surface area contributed by atoms with Crippen molar-refractivity contribution in [3.05, 3.63) is 47.5 Å². The predicted molar refractivity (Wildman–Crippen MR) is 181 cm³/mol. The number of imide groups is 1. The third-order valence-corrected chi connectivity index (χ3v) is 7.15. The van der Waals surface area contributed by atoms with Crippen LogP contribution in [-0.2, 0) is 49.5 Å². The molecule has 1 heterocycles. The van der Waals surface area contributed by atoms with Gasteiger partial charge in [0.05, 0.1) is 39.6 Å². The highest BCUT2D eigenvalue weighted by Crippen LogP contribution is 2.16. The number of hydrogen-bond acceptors (Lipinski definition) is 11. The SMILES string of the molecule is CC(=O)[C@H](CCCCN1C(=O)C=CC1=O)CC(=O)CNC(=O)c1cccc(CNC(=O)COCCOCCOCCNC(=O)OC(C)(C)C)c1. The van der Waals surface area contributed by atoms with Crippen molar-refractivity contribution >= 4 is 41.3 Å². The fourth-order valence-corrected chi connectivity index (χ4v) is 4.61. The van der Waals surface area contributed by atoms with Crippen LogP contribution >= 0.6 is 0 Å². The van der Waals surface area contributed by atoms with E-state index in [-0.39, 0.29) is 75.2 Å². The lowest BCUT2D eigenvalue weighted by Gasteiger charge is -2.19. The fourth-order valence-electron chi connectivity index (χ4n) is 4.61. The Hall–Kier alpha value is -4.47. The quantitative estimate of drug-likeness (QED) is 0.105. The number of nitrogens with zero attached hydrogens (tertiary/aromatic N) is 1. The van der Waals surface area contributed by atoms with Gasteiger partial charge in [-0.3, -0.25) is 33.7 Å². The first kappa shape index (κ1) is 41.7. The number of unbranched alkanes of at least 4 members (excludes halogenated alkanes) is 1. The number of ether oxygens (including phenoxy) is 4. The molecule has 15 nitrogen and oxygen atoms in total. The van der Waals surface area contributed by atoms with E-state index in [1.165, 1.54) is 19.1 Å². The van der Waals surface area contributed by atoms with E-state index in [0.717, 1.165) is 4.90 Å². The normalized spacial score (nSPS) is 13.2. The average molecular weight is 703 g/mol. The molecular formula is C35H50N4O11. The lowest BCUT2D eigenvalue weighted by Crippen LogP contribution is -2.34. The molecule has 276 valence electrons. The number of Topliss-reactive ketones (excluding diaryl/α,β-unsaturated/α-hetero) is 2. The van der Waals surface area contributed by atoms with Crippen molar-refractivity contribution in [3.63, 3.8) is 0 Å². The lowest BCUT2D eigenvalue weighted by molar-refractivity contribution is -0.137. The number of rotatable bonds is 24. The summed E-state index contributed by atoms with van der Waals surface area (Å²) in [4.78, 5) is 85.5. The molecule has 0 unspecified atom stereocenters. The maximum absolute atomic E-state index is 12.7. The Labute approximate surface area is 292 Å². The number of amides is 5. The molecule has 1 aliphatic rings. The lowest BCUT2D eigenvalue weighted by atomic mass is 9.92. The number of benzene rings is 1. The van der Waals surface area contributed by atoms with Gasteiger partial charge in [0, 0.05) is 49.7 Å². The minimum absolute atomic E-state index is 0.0237. The molecule has 0 aliphatic carbocycles. The largest absolute Gasteiger partial charge is 0.444 e. The number of carbonyl (C=O) groups excluding carboxylic acids is 7. The van der Waals surface area contributed by atoms with Crippen LogP contribution < -0.4 is 16.0 Å². The maximum Gasteiger partial charge on any atom is 0.407 e. The maximum atomic E-state index is 12.7. The average Bonchev–Trinajstić information content (AvgIpc) is 3.38. The van der Waals surface area contributed by atoms with E-state index in [1.54, 1.807) is 45.0 Å². The van der Waals surface area contributed by atoms with E-state index in [0.29, 0.717) is 56.8 Å². The summed E-state index contributed by atoms with van der Waals surface area (Å²) >= 11 is 0. The minimum Gasteiger partial charge on any atom is -0.444 e. The summed E-state index contributed by atoms with van der Waals surface area (Å²) in [6.07, 6.45) is 3.42. The molecule has 5 amide bonds. The van der Waals surface area contributed by atoms with Gasteiger partial charge in [0.1, 0.15) is 18.0 Å². The summed E-state index contributed by atoms with van der Waals surface area (Å²) in [7, 11) is 0. The van der Waals surface area contributed by atoms with E-state index in [4.69, 9.17) is 18.9 Å². The summed E-state index contributed by atoms with van der Waals surface area (Å²) in [5.74, 6) is -2.47. The van der Waals surface area contributed by atoms with Crippen molar-refractivity contribution in [2.75, 3.05) is 59.3 Å². The van der Waals surface area contributed by atoms with Gasteiger partial charge in [0.2, 0.25) is 5.91 Å². The van der Waals surface area contributed by atoms with E-state index >= 15 is 0 Å². The molecule has 3 N–H and O–H groups in total. The van der Waals surface area contributed by atoms with Gasteiger partial charge in [0.25, 0.3) is 17.7 Å². The first-order valence-electron chi connectivity index (χ1n) is 16.6. The zero-order valence-electron chi connectivity index (χ0n) is 29.4. The van der Waals surface area contributed by atoms with Crippen molar-refractivity contribution in [2.24, 2.45) is 5.92 Å². The van der Waals surface area contributed by atoms with Gasteiger partial charge < -0.3 is 34.9 Å². The van der Waals surface area contributed by atoms with Crippen LogP contribution in [0.3, 0.4) is 0 Å². The van der Waals surface area contributed by atoms with Crippen LogP contribution in [0.1, 0.15) is 69.3 Å². The molecule has 0 saturated carbocycles. The number of alkyl carbamates (subject to hydrolysis) is 1. The molecule has 0 bridgehead atoms. The minimum atomic E-state index is -0.560. The Morgan fingerprint density at radius 2 is 1.50 bits per heavy atom. The van der Waals surface area contributed by atoms with Crippen molar-refractivity contribution in [1.29, 1.82) is 0 Å². The van der Waals surface area contributed by atoms with Crippen LogP contribution in [-0.4, -0.2) is 111 Å². The molecule has 0 aromatic heterocycles. The number of nitrogens with one attached hydrogen (secondary N) is 3. The monoisotopic (exact) mass is 702 g/mol. The second-order valence-electron chi connectivity index (χ2n) is 12.6. The van der Waals surface area contributed by atoms with Crippen molar-refractivity contribution < 1.29 is 52.5 Å². The van der Waals surface area contributed by atoms with Crippen LogP contribution in [0.5, 0.6) is 0 Å². The van der Waals surface area contributed by atoms with Crippen molar-refractivity contribution in [3.8, 4) is 0 Å². The van der Waals surface area contributed by atoms with Gasteiger partial charge in [-0.1, -0.05) is 18.6 Å². The molecular weight excluding hydrogens is 652 g/mol. The van der Waals surface area contributed by atoms with Crippen LogP contribution in [0, 0.1) is 5.92 Å². The van der Waals surface area contributed by atoms with E-state index in [9.17, 15) is 33.6 Å². The Balaban J connectivity index is 1.56. The molecule has 50 heavy (non-hydrogen) atoms. The second-order valence-corrected chi connectivity index (χ2v) is 12.6. The highest BCUT2D eigenvalue weighted by Gasteiger charge is 2.23. The molecule has 1 aromatic rings. The van der Waals surface area contributed by atoms with Gasteiger partial charge in [0.15, 0.2) is 5.78 Å². The molecule has 1 aromatic carbocycles. The summed E-state index contributed by atoms with van der Waals surface area (Å²) in [5, 5.41) is 7.90. The van der Waals surface area contributed by atoms with Gasteiger partial charge >= 0.3 is 6.09 Å². The summed E-state index contributed by atoms with van der Waals surface area (Å²) in [6, 6.07) is 6.60. The molecule has 0 spiro atoms. The molecule has 15 heteroatoms. The van der Waals surface area contributed by atoms with Gasteiger partial charge in [-0.05, 0) is 58.2 Å². The Bertz CT molecular complexity index is 1340. The third-order valence-electron chi connectivity index (χ3n) is 7.15. The zero-order valence-corrected chi connectivity index (χ0v) is 29.4. The van der Waals surface area contributed by atoms with Crippen LogP contribution in [0.25, 0.3) is 0 Å². The number of hydrogen-bond donors (Lipinski definition) is 3. The first-order chi connectivity index (χ1) is 23.7. The molecule has 0 fully saturated rings. The standard InChI is InChI=1S/C35H50N4O11/c1-25(40)27(9-5-6-14-39-31(43)11-12-32(39)44)21-29(41)23-38-33(45)28-10-7-8-26(20-28)22-37-30(42)24-49-19-18-48-17-16-47-15-13-36-34(46)50-35(2,3)4/h7-8,10-12,20,27H,5-6,9,13-19,21-24H2,1-4H3,(H,36,46)(H,37,42)(H,38,45)/t27-/m1/s1. The van der Waals surface area contributed by atoms with Crippen LogP contribution in [0.15, 0.2) is 36.4 Å². The summed E-state index contributed by atoms with van der Waals surface area (Å²) < 4.78 is 21.2. The van der Waals surface area contributed by atoms with E-state index in [1.807, 2.05) is 0 Å². The first-order valence-corrected chi connectivity index (χ1v) is 16.6. The smallest absolute Gasteiger partial charge is 0.407 e. The Kier molecular flexibility index (Phi) is 18.6. The van der Waals surface area contributed by atoms with Gasteiger partial charge in [-0.15, -0.1) is 0 Å². The zero-order chi connectivity index (χ0) is 36.9. The van der Waals surface area contributed by atoms with Gasteiger partial charge in [-0.2, -0.15) is 0 Å². The molecule has 1 atom stereocenters. The predicted octanol–water partition coefficient (Wildman–Crippen LogP) is 1.87. The highest BCUT2D eigenvalue weighted by atomic mass is 16.6. The van der Waals surface area contributed by atoms with Crippen LogP contribution in [0.4, 0.5) is 4.79 Å². The van der Waals surface area contributed by atoms with Gasteiger partial charge in [-0.25, -0.2) is 4.79 Å². The highest BCUT2D eigenvalue weighted by molar-refractivity contribution is 6.12. The Morgan fingerprint density at radius 1 is 0.840 bits per heavy atom. The number of carbonyl (C=O) groups is 7. The molecule has 0 radical (unpaired) electrons. The van der Waals surface area contributed by atoms with Crippen molar-refractivity contribution in [2.45, 2.75) is 65.5 Å².